The molecule has 4 heteroatoms. The number of hydrogen-bond acceptors (Lipinski definition) is 2. The molecule has 27 heavy (non-hydrogen) atoms. The zero-order valence-electron chi connectivity index (χ0n) is 16.7. The maximum absolute atomic E-state index is 12.9. The van der Waals surface area contributed by atoms with E-state index in [1.54, 1.807) is 0 Å². The number of carbonyl (C=O) groups excluding carboxylic acids is 1. The van der Waals surface area contributed by atoms with Crippen molar-refractivity contribution >= 4 is 5.91 Å². The van der Waals surface area contributed by atoms with E-state index in [0.717, 1.165) is 44.0 Å². The molecule has 4 nitrogen and oxygen atoms in total. The summed E-state index contributed by atoms with van der Waals surface area (Å²) in [5, 5.41) is 0. The van der Waals surface area contributed by atoms with E-state index in [0.29, 0.717) is 12.3 Å². The normalized spacial score (nSPS) is 20.5. The molecule has 1 saturated carbocycles. The van der Waals surface area contributed by atoms with Crippen molar-refractivity contribution in [3.8, 4) is 0 Å². The highest BCUT2D eigenvalue weighted by Crippen LogP contribution is 2.31. The molecule has 2 heterocycles. The minimum atomic E-state index is 0.250. The summed E-state index contributed by atoms with van der Waals surface area (Å²) in [5.41, 5.74) is 3.66. The first-order chi connectivity index (χ1) is 13.1. The van der Waals surface area contributed by atoms with Crippen LogP contribution >= 0.6 is 0 Å². The predicted molar refractivity (Wildman–Crippen MR) is 108 cm³/mol. The lowest BCUT2D eigenvalue weighted by Gasteiger charge is -2.34. The van der Waals surface area contributed by atoms with E-state index < -0.39 is 0 Å². The van der Waals surface area contributed by atoms with Crippen LogP contribution in [0.15, 0.2) is 30.6 Å². The Hall–Kier alpha value is -2.10. The minimum Gasteiger partial charge on any atom is -0.342 e. The number of aromatic nitrogens is 2. The molecule has 1 amide bonds. The van der Waals surface area contributed by atoms with Crippen LogP contribution in [0.2, 0.25) is 0 Å². The van der Waals surface area contributed by atoms with Gasteiger partial charge in [0.05, 0.1) is 6.42 Å². The molecule has 0 spiro atoms. The summed E-state index contributed by atoms with van der Waals surface area (Å²) in [5.74, 6) is 2.63. The highest BCUT2D eigenvalue weighted by atomic mass is 16.2. The fraction of sp³-hybridized carbons (Fsp3) is 0.565. The van der Waals surface area contributed by atoms with E-state index in [9.17, 15) is 4.79 Å². The van der Waals surface area contributed by atoms with Crippen LogP contribution in [0, 0.1) is 19.8 Å². The van der Waals surface area contributed by atoms with Gasteiger partial charge in [0.1, 0.15) is 5.82 Å². The van der Waals surface area contributed by atoms with Crippen molar-refractivity contribution in [3.05, 3.63) is 53.1 Å². The summed E-state index contributed by atoms with van der Waals surface area (Å²) in [7, 11) is 0. The Morgan fingerprint density at radius 3 is 2.74 bits per heavy atom. The smallest absolute Gasteiger partial charge is 0.227 e. The first kappa shape index (κ1) is 18.3. The molecular formula is C23H31N3O. The standard InChI is InChI=1S/C23H31N3O/c1-17-8-9-20(13-18(17)2)14-22(27)25-11-4-7-21(16-25)23-24-10-12-26(23)15-19-5-3-6-19/h8-10,12-13,19,21H,3-7,11,14-16H2,1-2H3/t21-/m1/s1. The minimum absolute atomic E-state index is 0.250. The van der Waals surface area contributed by atoms with Gasteiger partial charge < -0.3 is 9.47 Å². The quantitative estimate of drug-likeness (QED) is 0.794. The van der Waals surface area contributed by atoms with Crippen molar-refractivity contribution in [3.63, 3.8) is 0 Å². The molecule has 1 aliphatic heterocycles. The van der Waals surface area contributed by atoms with Gasteiger partial charge in [-0.05, 0) is 62.1 Å². The Kier molecular flexibility index (Phi) is 5.33. The Labute approximate surface area is 162 Å². The summed E-state index contributed by atoms with van der Waals surface area (Å²) in [6.07, 6.45) is 10.8. The zero-order chi connectivity index (χ0) is 18.8. The Morgan fingerprint density at radius 1 is 1.15 bits per heavy atom. The van der Waals surface area contributed by atoms with Gasteiger partial charge in [0, 0.05) is 37.9 Å². The molecule has 2 aliphatic rings. The molecule has 2 fully saturated rings. The average Bonchev–Trinajstić information content (AvgIpc) is 3.10. The van der Waals surface area contributed by atoms with Crippen LogP contribution in [0.25, 0.3) is 0 Å². The molecule has 144 valence electrons. The summed E-state index contributed by atoms with van der Waals surface area (Å²) in [6, 6.07) is 6.36. The lowest BCUT2D eigenvalue weighted by atomic mass is 9.85. The summed E-state index contributed by atoms with van der Waals surface area (Å²) >= 11 is 0. The third-order valence-corrected chi connectivity index (χ3v) is 6.49. The zero-order valence-corrected chi connectivity index (χ0v) is 16.7. The highest BCUT2D eigenvalue weighted by molar-refractivity contribution is 5.79. The van der Waals surface area contributed by atoms with Crippen LogP contribution in [-0.2, 0) is 17.8 Å². The Bertz CT molecular complexity index is 806. The topological polar surface area (TPSA) is 38.1 Å². The van der Waals surface area contributed by atoms with Crippen LogP contribution in [0.3, 0.4) is 0 Å². The molecule has 1 aliphatic carbocycles. The average molecular weight is 366 g/mol. The number of nitrogens with zero attached hydrogens (tertiary/aromatic N) is 3. The van der Waals surface area contributed by atoms with Gasteiger partial charge in [0.25, 0.3) is 0 Å². The third-order valence-electron chi connectivity index (χ3n) is 6.49. The number of piperidine rings is 1. The first-order valence-corrected chi connectivity index (χ1v) is 10.4. The second-order valence-electron chi connectivity index (χ2n) is 8.51. The second-order valence-corrected chi connectivity index (χ2v) is 8.51. The van der Waals surface area contributed by atoms with Crippen LogP contribution in [0.4, 0.5) is 0 Å². The molecule has 0 unspecified atom stereocenters. The van der Waals surface area contributed by atoms with Crippen molar-refractivity contribution in [1.82, 2.24) is 14.5 Å². The largest absolute Gasteiger partial charge is 0.342 e. The SMILES string of the molecule is Cc1ccc(CC(=O)N2CCC[C@@H](c3nccn3CC3CCC3)C2)cc1C. The molecular weight excluding hydrogens is 334 g/mol. The maximum atomic E-state index is 12.9. The molecule has 2 aromatic rings. The fourth-order valence-corrected chi connectivity index (χ4v) is 4.40. The highest BCUT2D eigenvalue weighted by Gasteiger charge is 2.28. The number of likely N-dealkylation sites (tertiary alicyclic amines) is 1. The van der Waals surface area contributed by atoms with Gasteiger partial charge in [-0.25, -0.2) is 4.98 Å². The van der Waals surface area contributed by atoms with E-state index in [4.69, 9.17) is 0 Å². The van der Waals surface area contributed by atoms with Crippen LogP contribution in [-0.4, -0.2) is 33.4 Å². The lowest BCUT2D eigenvalue weighted by molar-refractivity contribution is -0.131. The van der Waals surface area contributed by atoms with Gasteiger partial charge in [-0.2, -0.15) is 0 Å². The number of amides is 1. The van der Waals surface area contributed by atoms with Gasteiger partial charge >= 0.3 is 0 Å². The predicted octanol–water partition coefficient (Wildman–Crippen LogP) is 4.25. The molecule has 1 aromatic carbocycles. The van der Waals surface area contributed by atoms with E-state index in [2.05, 4.69) is 52.7 Å². The Balaban J connectivity index is 1.41. The molecule has 1 saturated heterocycles. The van der Waals surface area contributed by atoms with Crippen LogP contribution in [0.1, 0.15) is 60.5 Å². The number of carbonyl (C=O) groups is 1. The van der Waals surface area contributed by atoms with Crippen LogP contribution < -0.4 is 0 Å². The number of imidazole rings is 1. The van der Waals surface area contributed by atoms with E-state index in [1.807, 2.05) is 6.20 Å². The van der Waals surface area contributed by atoms with E-state index in [-0.39, 0.29) is 5.91 Å². The number of aryl methyl sites for hydroxylation is 2. The summed E-state index contributed by atoms with van der Waals surface area (Å²) < 4.78 is 2.35. The molecule has 0 bridgehead atoms. The van der Waals surface area contributed by atoms with Gasteiger partial charge in [-0.15, -0.1) is 0 Å². The molecule has 0 N–H and O–H groups in total. The van der Waals surface area contributed by atoms with Crippen molar-refractivity contribution < 1.29 is 4.79 Å². The van der Waals surface area contributed by atoms with Crippen molar-refractivity contribution in [2.75, 3.05) is 13.1 Å². The van der Waals surface area contributed by atoms with Crippen molar-refractivity contribution in [2.24, 2.45) is 5.92 Å². The van der Waals surface area contributed by atoms with Gasteiger partial charge in [0.15, 0.2) is 0 Å². The molecule has 1 atom stereocenters. The van der Waals surface area contributed by atoms with Gasteiger partial charge in [-0.3, -0.25) is 4.79 Å². The number of benzene rings is 1. The summed E-state index contributed by atoms with van der Waals surface area (Å²) in [6.45, 7) is 7.02. The molecule has 0 radical (unpaired) electrons. The third kappa shape index (κ3) is 4.10. The lowest BCUT2D eigenvalue weighted by Crippen LogP contribution is -2.40. The van der Waals surface area contributed by atoms with E-state index >= 15 is 0 Å². The second kappa shape index (κ2) is 7.87. The maximum Gasteiger partial charge on any atom is 0.227 e. The van der Waals surface area contributed by atoms with Gasteiger partial charge in [0.2, 0.25) is 5.91 Å². The summed E-state index contributed by atoms with van der Waals surface area (Å²) in [4.78, 5) is 19.6. The van der Waals surface area contributed by atoms with Crippen LogP contribution in [0.5, 0.6) is 0 Å². The Morgan fingerprint density at radius 2 is 2.00 bits per heavy atom. The van der Waals surface area contributed by atoms with E-state index in [1.165, 1.54) is 36.2 Å². The van der Waals surface area contributed by atoms with Crippen molar-refractivity contribution in [1.29, 1.82) is 0 Å². The van der Waals surface area contributed by atoms with Gasteiger partial charge in [-0.1, -0.05) is 24.6 Å². The number of rotatable bonds is 5. The molecule has 1 aromatic heterocycles. The monoisotopic (exact) mass is 365 g/mol. The molecule has 4 rings (SSSR count). The fourth-order valence-electron chi connectivity index (χ4n) is 4.40. The van der Waals surface area contributed by atoms with Crippen molar-refractivity contribution in [2.45, 2.75) is 64.8 Å². The number of hydrogen-bond donors (Lipinski definition) is 0. The first-order valence-electron chi connectivity index (χ1n) is 10.4.